The lowest BCUT2D eigenvalue weighted by Crippen LogP contribution is -2.20. The molecule has 0 spiro atoms. The smallest absolute Gasteiger partial charge is 0.187 e. The summed E-state index contributed by atoms with van der Waals surface area (Å²) >= 11 is 1.31. The summed E-state index contributed by atoms with van der Waals surface area (Å²) in [5, 5.41) is 9.89. The number of hydroxylamine groups is 1. The number of halogens is 2. The van der Waals surface area contributed by atoms with Crippen molar-refractivity contribution in [2.75, 3.05) is 7.11 Å². The summed E-state index contributed by atoms with van der Waals surface area (Å²) in [6.45, 7) is 0. The van der Waals surface area contributed by atoms with Gasteiger partial charge < -0.3 is 4.74 Å². The molecule has 0 amide bonds. The molecule has 0 unspecified atom stereocenters. The fraction of sp³-hybridized carbons (Fsp3) is 0.200. The molecule has 1 aliphatic rings. The molecule has 0 fully saturated rings. The first-order chi connectivity index (χ1) is 13.6. The van der Waals surface area contributed by atoms with Gasteiger partial charge in [-0.3, -0.25) is 5.21 Å². The molecule has 0 saturated carbocycles. The predicted molar refractivity (Wildman–Crippen MR) is 104 cm³/mol. The van der Waals surface area contributed by atoms with E-state index in [9.17, 15) is 14.0 Å². The van der Waals surface area contributed by atoms with E-state index in [4.69, 9.17) is 4.74 Å². The minimum Gasteiger partial charge on any atom is -0.497 e. The first-order valence-corrected chi connectivity index (χ1v) is 9.52. The van der Waals surface area contributed by atoms with Crippen LogP contribution in [-0.4, -0.2) is 23.1 Å². The van der Waals surface area contributed by atoms with Crippen molar-refractivity contribution in [2.45, 2.75) is 19.3 Å². The fourth-order valence-electron chi connectivity index (χ4n) is 3.22. The Kier molecular flexibility index (Phi) is 5.06. The molecule has 1 heterocycles. The van der Waals surface area contributed by atoms with E-state index in [1.807, 2.05) is 23.7 Å². The molecule has 0 atom stereocenters. The third-order valence-corrected chi connectivity index (χ3v) is 5.73. The van der Waals surface area contributed by atoms with E-state index in [0.29, 0.717) is 5.01 Å². The topological polar surface area (TPSA) is 66.7 Å². The Bertz CT molecular complexity index is 1050. The second kappa shape index (κ2) is 7.65. The normalized spacial score (nSPS) is 13.5. The van der Waals surface area contributed by atoms with Gasteiger partial charge in [0.2, 0.25) is 0 Å². The van der Waals surface area contributed by atoms with Gasteiger partial charge in [-0.2, -0.15) is 0 Å². The summed E-state index contributed by atoms with van der Waals surface area (Å²) in [6, 6.07) is 9.39. The Hall–Kier alpha value is -2.84. The van der Waals surface area contributed by atoms with Crippen LogP contribution < -0.4 is 10.2 Å². The lowest BCUT2D eigenvalue weighted by Gasteiger charge is -2.08. The van der Waals surface area contributed by atoms with Crippen LogP contribution in [0.2, 0.25) is 0 Å². The van der Waals surface area contributed by atoms with E-state index in [-0.39, 0.29) is 5.84 Å². The Morgan fingerprint density at radius 3 is 2.71 bits per heavy atom. The van der Waals surface area contributed by atoms with Gasteiger partial charge in [-0.05, 0) is 49.1 Å². The number of hydrogen-bond donors (Lipinski definition) is 2. The maximum absolute atomic E-state index is 13.9. The summed E-state index contributed by atoms with van der Waals surface area (Å²) in [7, 11) is 1.61. The van der Waals surface area contributed by atoms with Crippen molar-refractivity contribution in [1.82, 2.24) is 10.5 Å². The second-order valence-electron chi connectivity index (χ2n) is 6.31. The van der Waals surface area contributed by atoms with Crippen LogP contribution in [0.1, 0.15) is 22.7 Å². The number of rotatable bonds is 3. The van der Waals surface area contributed by atoms with Crippen LogP contribution in [0.5, 0.6) is 5.75 Å². The molecule has 2 aromatic carbocycles. The molecule has 0 radical (unpaired) electrons. The van der Waals surface area contributed by atoms with Gasteiger partial charge >= 0.3 is 0 Å². The molecular formula is C20H17F2N3O2S. The van der Waals surface area contributed by atoms with Gasteiger partial charge in [-0.25, -0.2) is 24.2 Å². The van der Waals surface area contributed by atoms with E-state index in [1.165, 1.54) is 23.0 Å². The molecule has 0 saturated heterocycles. The van der Waals surface area contributed by atoms with Crippen molar-refractivity contribution in [2.24, 2.45) is 4.99 Å². The molecule has 0 bridgehead atoms. The summed E-state index contributed by atoms with van der Waals surface area (Å²) < 4.78 is 33.2. The standard InChI is InChI=1S/C20H17F2N3O2S/c1-27-12-9-8-11-4-2-7-16-18(13(11)10-12)28-20(23-16)19(25-26)24-17-14(21)5-3-6-15(17)22/h3,5-6,8-10,26H,2,4,7H2,1H3,(H,24,25). The lowest BCUT2D eigenvalue weighted by molar-refractivity contribution is 0.235. The minimum atomic E-state index is -0.819. The van der Waals surface area contributed by atoms with Crippen LogP contribution in [0.3, 0.4) is 0 Å². The Morgan fingerprint density at radius 1 is 1.21 bits per heavy atom. The molecule has 5 nitrogen and oxygen atoms in total. The fourth-order valence-corrected chi connectivity index (χ4v) is 4.32. The highest BCUT2D eigenvalue weighted by Crippen LogP contribution is 2.39. The Morgan fingerprint density at radius 2 is 2.00 bits per heavy atom. The Balaban J connectivity index is 1.82. The molecule has 8 heteroatoms. The highest BCUT2D eigenvalue weighted by molar-refractivity contribution is 7.17. The minimum absolute atomic E-state index is 0.105. The summed E-state index contributed by atoms with van der Waals surface area (Å²) in [5.41, 5.74) is 4.52. The largest absolute Gasteiger partial charge is 0.497 e. The number of thiazole rings is 1. The van der Waals surface area contributed by atoms with Crippen LogP contribution in [-0.2, 0) is 12.8 Å². The molecule has 1 aliphatic carbocycles. The molecule has 28 heavy (non-hydrogen) atoms. The number of aromatic nitrogens is 1. The molecular weight excluding hydrogens is 384 g/mol. The lowest BCUT2D eigenvalue weighted by atomic mass is 10.0. The summed E-state index contributed by atoms with van der Waals surface area (Å²) in [6.07, 6.45) is 2.61. The van der Waals surface area contributed by atoms with Gasteiger partial charge in [0.15, 0.2) is 22.5 Å². The van der Waals surface area contributed by atoms with E-state index < -0.39 is 17.3 Å². The van der Waals surface area contributed by atoms with Crippen LogP contribution in [0.15, 0.2) is 41.4 Å². The van der Waals surface area contributed by atoms with Gasteiger partial charge in [-0.15, -0.1) is 11.3 Å². The summed E-state index contributed by atoms with van der Waals surface area (Å²) in [5.74, 6) is -1.00. The number of benzene rings is 2. The zero-order valence-corrected chi connectivity index (χ0v) is 15.8. The number of nitrogens with one attached hydrogen (secondary N) is 1. The van der Waals surface area contributed by atoms with Crippen molar-refractivity contribution in [3.63, 3.8) is 0 Å². The van der Waals surface area contributed by atoms with Gasteiger partial charge in [0.1, 0.15) is 11.4 Å². The van der Waals surface area contributed by atoms with Crippen LogP contribution in [0.25, 0.3) is 10.4 Å². The van der Waals surface area contributed by atoms with Crippen LogP contribution in [0.4, 0.5) is 14.5 Å². The van der Waals surface area contributed by atoms with Crippen molar-refractivity contribution < 1.29 is 18.7 Å². The van der Waals surface area contributed by atoms with E-state index in [1.54, 1.807) is 7.11 Å². The number of fused-ring (bicyclic) bond motifs is 3. The Labute approximate surface area is 164 Å². The number of amidine groups is 1. The number of nitrogens with zero attached hydrogens (tertiary/aromatic N) is 2. The van der Waals surface area contributed by atoms with Crippen molar-refractivity contribution in [1.29, 1.82) is 0 Å². The van der Waals surface area contributed by atoms with Gasteiger partial charge in [0, 0.05) is 5.56 Å². The molecule has 3 aromatic rings. The quantitative estimate of drug-likeness (QED) is 0.381. The van der Waals surface area contributed by atoms with Crippen molar-refractivity contribution in [3.8, 4) is 16.2 Å². The zero-order chi connectivity index (χ0) is 19.7. The number of ether oxygens (including phenoxy) is 1. The van der Waals surface area contributed by atoms with E-state index in [0.717, 1.165) is 53.3 Å². The SMILES string of the molecule is COc1ccc2c(c1)-c1sc(C(=Nc3c(F)cccc3F)NO)nc1CCC2. The highest BCUT2D eigenvalue weighted by Gasteiger charge is 2.22. The average molecular weight is 401 g/mol. The van der Waals surface area contributed by atoms with Crippen molar-refractivity contribution in [3.05, 3.63) is 64.3 Å². The number of hydrogen-bond acceptors (Lipinski definition) is 5. The monoisotopic (exact) mass is 401 g/mol. The average Bonchev–Trinajstić information content (AvgIpc) is 3.04. The maximum atomic E-state index is 13.9. The third kappa shape index (κ3) is 3.36. The zero-order valence-electron chi connectivity index (χ0n) is 15.0. The van der Waals surface area contributed by atoms with Gasteiger partial charge in [-0.1, -0.05) is 12.1 Å². The van der Waals surface area contributed by atoms with Crippen molar-refractivity contribution >= 4 is 22.9 Å². The highest BCUT2D eigenvalue weighted by atomic mass is 32.1. The maximum Gasteiger partial charge on any atom is 0.187 e. The van der Waals surface area contributed by atoms with Crippen LogP contribution >= 0.6 is 11.3 Å². The second-order valence-corrected chi connectivity index (χ2v) is 7.31. The number of aryl methyl sites for hydroxylation is 2. The predicted octanol–water partition coefficient (Wildman–Crippen LogP) is 4.64. The van der Waals surface area contributed by atoms with Gasteiger partial charge in [0.25, 0.3) is 0 Å². The van der Waals surface area contributed by atoms with E-state index in [2.05, 4.69) is 9.98 Å². The number of para-hydroxylation sites is 1. The molecule has 2 N–H and O–H groups in total. The number of aliphatic imine (C=N–C) groups is 1. The summed E-state index contributed by atoms with van der Waals surface area (Å²) in [4.78, 5) is 9.45. The third-order valence-electron chi connectivity index (χ3n) is 4.59. The van der Waals surface area contributed by atoms with E-state index >= 15 is 0 Å². The van der Waals surface area contributed by atoms with Crippen LogP contribution in [0, 0.1) is 11.6 Å². The van der Waals surface area contributed by atoms with Gasteiger partial charge in [0.05, 0.1) is 17.7 Å². The number of methoxy groups -OCH3 is 1. The molecule has 144 valence electrons. The molecule has 4 rings (SSSR count). The molecule has 0 aliphatic heterocycles. The molecule has 1 aromatic heterocycles. The first kappa shape index (κ1) is 18.5. The first-order valence-electron chi connectivity index (χ1n) is 8.71.